The molecular weight excluding hydrogens is 475 g/mol. The predicted octanol–water partition coefficient (Wildman–Crippen LogP) is 8.73. The Morgan fingerprint density at radius 3 is 1.83 bits per heavy atom. The first-order valence-electron chi connectivity index (χ1n) is 12.4. The molecule has 1 aromatic carbocycles. The first kappa shape index (κ1) is 30.4. The molecule has 7 heteroatoms. The van der Waals surface area contributed by atoms with Crippen LogP contribution in [0.15, 0.2) is 53.8 Å². The summed E-state index contributed by atoms with van der Waals surface area (Å²) in [6.07, 6.45) is 3.67. The third-order valence-corrected chi connectivity index (χ3v) is 6.70. The molecular formula is C29H45O6P. The zero-order valence-corrected chi connectivity index (χ0v) is 25.0. The SMILES string of the molecule is C=C1C(C(C)(C)C)=CC=C(OOP(=O)(O)OOc2ccc(C(C)(C)C)cc2C(C)(C)C)C1C(C)(C)C. The topological polar surface area (TPSA) is 74.2 Å². The summed E-state index contributed by atoms with van der Waals surface area (Å²) in [5.41, 5.74) is 3.20. The van der Waals surface area contributed by atoms with Crippen LogP contribution in [0.2, 0.25) is 0 Å². The van der Waals surface area contributed by atoms with E-state index in [9.17, 15) is 9.46 Å². The Labute approximate surface area is 217 Å². The van der Waals surface area contributed by atoms with Crippen LogP contribution in [-0.2, 0) is 29.6 Å². The van der Waals surface area contributed by atoms with E-state index < -0.39 is 7.82 Å². The number of hydrogen-bond acceptors (Lipinski definition) is 5. The molecule has 0 bridgehead atoms. The zero-order chi connectivity index (χ0) is 27.9. The van der Waals surface area contributed by atoms with E-state index in [1.54, 1.807) is 12.1 Å². The van der Waals surface area contributed by atoms with Crippen molar-refractivity contribution >= 4 is 7.82 Å². The normalized spacial score (nSPS) is 19.4. The predicted molar refractivity (Wildman–Crippen MR) is 145 cm³/mol. The minimum Gasteiger partial charge on any atom is -0.331 e. The van der Waals surface area contributed by atoms with Gasteiger partial charge >= 0.3 is 7.82 Å². The van der Waals surface area contributed by atoms with Gasteiger partial charge in [-0.2, -0.15) is 0 Å². The first-order chi connectivity index (χ1) is 16.0. The lowest BCUT2D eigenvalue weighted by Gasteiger charge is -2.39. The van der Waals surface area contributed by atoms with E-state index in [1.807, 2.05) is 39.0 Å². The maximum absolute atomic E-state index is 12.7. The van der Waals surface area contributed by atoms with Gasteiger partial charge in [-0.15, -0.1) is 0 Å². The molecule has 0 saturated heterocycles. The summed E-state index contributed by atoms with van der Waals surface area (Å²) in [7, 11) is -4.72. The van der Waals surface area contributed by atoms with Gasteiger partial charge in [0.15, 0.2) is 11.5 Å². The third-order valence-electron chi connectivity index (χ3n) is 6.17. The van der Waals surface area contributed by atoms with Gasteiger partial charge < -0.3 is 9.78 Å². The van der Waals surface area contributed by atoms with Gasteiger partial charge in [0.1, 0.15) is 0 Å². The van der Waals surface area contributed by atoms with Gasteiger partial charge in [-0.25, -0.2) is 4.57 Å². The van der Waals surface area contributed by atoms with Crippen LogP contribution < -0.4 is 4.89 Å². The van der Waals surface area contributed by atoms with Gasteiger partial charge in [-0.05, 0) is 50.5 Å². The van der Waals surface area contributed by atoms with E-state index in [1.165, 1.54) is 0 Å². The Morgan fingerprint density at radius 2 is 1.36 bits per heavy atom. The molecule has 0 spiro atoms. The van der Waals surface area contributed by atoms with Gasteiger partial charge in [0.2, 0.25) is 0 Å². The van der Waals surface area contributed by atoms with Gasteiger partial charge in [-0.3, -0.25) is 4.89 Å². The Bertz CT molecular complexity index is 1080. The van der Waals surface area contributed by atoms with E-state index in [4.69, 9.17) is 19.1 Å². The molecule has 0 heterocycles. The van der Waals surface area contributed by atoms with Gasteiger partial charge in [0.05, 0.1) is 5.92 Å². The van der Waals surface area contributed by atoms with Gasteiger partial charge in [-0.1, -0.05) is 117 Å². The van der Waals surface area contributed by atoms with Crippen molar-refractivity contribution in [1.82, 2.24) is 0 Å². The maximum Gasteiger partial charge on any atom is 0.544 e. The van der Waals surface area contributed by atoms with Gasteiger partial charge in [0.25, 0.3) is 0 Å². The van der Waals surface area contributed by atoms with Crippen LogP contribution >= 0.6 is 7.82 Å². The zero-order valence-electron chi connectivity index (χ0n) is 24.1. The molecule has 2 rings (SSSR count). The van der Waals surface area contributed by atoms with Crippen molar-refractivity contribution in [1.29, 1.82) is 0 Å². The highest BCUT2D eigenvalue weighted by atomic mass is 31.2. The van der Waals surface area contributed by atoms with Crippen molar-refractivity contribution in [2.24, 2.45) is 16.7 Å². The van der Waals surface area contributed by atoms with E-state index in [-0.39, 0.29) is 27.6 Å². The second-order valence-electron chi connectivity index (χ2n) is 13.7. The number of benzene rings is 1. The second-order valence-corrected chi connectivity index (χ2v) is 15.0. The molecule has 0 saturated carbocycles. The fourth-order valence-corrected chi connectivity index (χ4v) is 4.68. The maximum atomic E-state index is 12.7. The van der Waals surface area contributed by atoms with E-state index >= 15 is 0 Å². The lowest BCUT2D eigenvalue weighted by atomic mass is 9.67. The van der Waals surface area contributed by atoms with Crippen molar-refractivity contribution in [2.45, 2.75) is 93.9 Å². The average molecular weight is 521 g/mol. The summed E-state index contributed by atoms with van der Waals surface area (Å²) < 4.78 is 22.5. The van der Waals surface area contributed by atoms with Crippen LogP contribution in [0.25, 0.3) is 0 Å². The highest BCUT2D eigenvalue weighted by Gasteiger charge is 2.40. The van der Waals surface area contributed by atoms with Crippen LogP contribution in [0.5, 0.6) is 5.75 Å². The molecule has 202 valence electrons. The molecule has 0 fully saturated rings. The number of rotatable bonds is 6. The Balaban J connectivity index is 2.23. The molecule has 1 aliphatic carbocycles. The average Bonchev–Trinajstić information content (AvgIpc) is 2.67. The Hall–Kier alpha value is -1.85. The molecule has 1 aromatic rings. The van der Waals surface area contributed by atoms with Crippen LogP contribution in [-0.4, -0.2) is 4.89 Å². The van der Waals surface area contributed by atoms with Gasteiger partial charge in [0, 0.05) is 5.56 Å². The standard InChI is InChI=1S/C29H45O6P/c1-19-21(27(5,6)7)15-17-24(25(19)29(11,12)13)33-35-36(30,31)34-32-23-16-14-20(26(2,3)4)18-22(23)28(8,9)10/h14-18,25H,1H2,2-13H3,(H,30,31). The second kappa shape index (κ2) is 10.1. The minimum atomic E-state index is -4.72. The van der Waals surface area contributed by atoms with Crippen molar-refractivity contribution in [3.05, 3.63) is 65.0 Å². The Morgan fingerprint density at radius 1 is 0.806 bits per heavy atom. The Kier molecular flexibility index (Phi) is 8.55. The largest absolute Gasteiger partial charge is 0.544 e. The summed E-state index contributed by atoms with van der Waals surface area (Å²) in [6, 6.07) is 5.69. The van der Waals surface area contributed by atoms with Crippen LogP contribution in [0, 0.1) is 16.7 Å². The number of allylic oxidation sites excluding steroid dienone is 4. The molecule has 36 heavy (non-hydrogen) atoms. The summed E-state index contributed by atoms with van der Waals surface area (Å²) >= 11 is 0. The molecule has 6 nitrogen and oxygen atoms in total. The van der Waals surface area contributed by atoms with Crippen molar-refractivity contribution in [3.63, 3.8) is 0 Å². The lowest BCUT2D eigenvalue weighted by Crippen LogP contribution is -2.30. The van der Waals surface area contributed by atoms with E-state index in [2.05, 4.69) is 68.9 Å². The summed E-state index contributed by atoms with van der Waals surface area (Å²) in [6.45, 7) is 29.3. The molecule has 0 aliphatic heterocycles. The molecule has 0 amide bonds. The summed E-state index contributed by atoms with van der Waals surface area (Å²) in [4.78, 5) is 21.1. The minimum absolute atomic E-state index is 0.0643. The first-order valence-corrected chi connectivity index (χ1v) is 13.9. The van der Waals surface area contributed by atoms with Crippen LogP contribution in [0.1, 0.15) is 94.2 Å². The summed E-state index contributed by atoms with van der Waals surface area (Å²) in [5.74, 6) is 0.460. The fraction of sp³-hybridized carbons (Fsp3) is 0.586. The molecule has 2 atom stereocenters. The fourth-order valence-electron chi connectivity index (χ4n) is 4.30. The summed E-state index contributed by atoms with van der Waals surface area (Å²) in [5, 5.41) is 0. The smallest absolute Gasteiger partial charge is 0.331 e. The number of phosphoric acid groups is 1. The highest BCUT2D eigenvalue weighted by Crippen LogP contribution is 2.50. The third kappa shape index (κ3) is 7.58. The molecule has 0 aromatic heterocycles. The van der Waals surface area contributed by atoms with Crippen LogP contribution in [0.4, 0.5) is 0 Å². The quantitative estimate of drug-likeness (QED) is 0.230. The highest BCUT2D eigenvalue weighted by molar-refractivity contribution is 7.47. The molecule has 1 aliphatic rings. The lowest BCUT2D eigenvalue weighted by molar-refractivity contribution is -0.229. The van der Waals surface area contributed by atoms with Crippen molar-refractivity contribution < 1.29 is 28.6 Å². The van der Waals surface area contributed by atoms with E-state index in [0.29, 0.717) is 11.5 Å². The van der Waals surface area contributed by atoms with Crippen molar-refractivity contribution in [2.75, 3.05) is 0 Å². The van der Waals surface area contributed by atoms with E-state index in [0.717, 1.165) is 22.3 Å². The molecule has 2 unspecified atom stereocenters. The van der Waals surface area contributed by atoms with Crippen LogP contribution in [0.3, 0.4) is 0 Å². The molecule has 1 N–H and O–H groups in total. The monoisotopic (exact) mass is 520 g/mol. The number of hydrogen-bond donors (Lipinski definition) is 1. The molecule has 0 radical (unpaired) electrons. The van der Waals surface area contributed by atoms with Crippen molar-refractivity contribution in [3.8, 4) is 5.75 Å².